The molecule has 0 radical (unpaired) electrons. The van der Waals surface area contributed by atoms with Crippen molar-refractivity contribution in [3.05, 3.63) is 53.1 Å². The van der Waals surface area contributed by atoms with Crippen molar-refractivity contribution in [2.45, 2.75) is 45.2 Å². The van der Waals surface area contributed by atoms with Gasteiger partial charge >= 0.3 is 0 Å². The Balaban J connectivity index is 1.73. The van der Waals surface area contributed by atoms with Gasteiger partial charge in [-0.25, -0.2) is 4.98 Å². The third kappa shape index (κ3) is 5.23. The summed E-state index contributed by atoms with van der Waals surface area (Å²) in [6.45, 7) is 4.18. The minimum atomic E-state index is -0.223. The van der Waals surface area contributed by atoms with Crippen LogP contribution >= 0.6 is 0 Å². The molecule has 29 heavy (non-hydrogen) atoms. The van der Waals surface area contributed by atoms with Gasteiger partial charge < -0.3 is 20.1 Å². The maximum absolute atomic E-state index is 12.9. The number of nitrogens with zero attached hydrogens (tertiary/aromatic N) is 3. The summed E-state index contributed by atoms with van der Waals surface area (Å²) >= 11 is 0. The van der Waals surface area contributed by atoms with Crippen LogP contribution < -0.4 is 10.6 Å². The lowest BCUT2D eigenvalue weighted by atomic mass is 10.1. The molecule has 0 aliphatic carbocycles. The first-order valence-corrected chi connectivity index (χ1v) is 10.4. The molecule has 0 saturated carbocycles. The molecule has 156 valence electrons. The first-order chi connectivity index (χ1) is 14.0. The van der Waals surface area contributed by atoms with Crippen molar-refractivity contribution in [2.24, 2.45) is 0 Å². The maximum atomic E-state index is 12.9. The summed E-state index contributed by atoms with van der Waals surface area (Å²) in [6, 6.07) is 9.70. The van der Waals surface area contributed by atoms with Gasteiger partial charge in [-0.15, -0.1) is 0 Å². The summed E-state index contributed by atoms with van der Waals surface area (Å²) in [5, 5.41) is 5.97. The van der Waals surface area contributed by atoms with E-state index < -0.39 is 0 Å². The molecule has 3 rings (SSSR count). The monoisotopic (exact) mass is 397 g/mol. The Morgan fingerprint density at radius 1 is 1.17 bits per heavy atom. The zero-order chi connectivity index (χ0) is 20.8. The second-order valence-corrected chi connectivity index (χ2v) is 7.86. The smallest absolute Gasteiger partial charge is 0.287 e. The van der Waals surface area contributed by atoms with Crippen LogP contribution in [0.4, 0.5) is 0 Å². The average molecular weight is 398 g/mol. The van der Waals surface area contributed by atoms with Crippen molar-refractivity contribution in [3.63, 3.8) is 0 Å². The predicted octanol–water partition coefficient (Wildman–Crippen LogP) is 2.39. The molecule has 0 saturated heterocycles. The van der Waals surface area contributed by atoms with Crippen LogP contribution in [0.2, 0.25) is 0 Å². The van der Waals surface area contributed by atoms with Crippen LogP contribution in [0.15, 0.2) is 30.3 Å². The van der Waals surface area contributed by atoms with E-state index in [-0.39, 0.29) is 17.9 Å². The van der Waals surface area contributed by atoms with Crippen LogP contribution in [0.1, 0.15) is 64.6 Å². The Hall–Kier alpha value is -2.67. The Morgan fingerprint density at radius 2 is 1.93 bits per heavy atom. The van der Waals surface area contributed by atoms with Crippen molar-refractivity contribution < 1.29 is 9.59 Å². The molecule has 2 aromatic rings. The maximum Gasteiger partial charge on any atom is 0.287 e. The molecular formula is C22H31N5O2. The van der Waals surface area contributed by atoms with E-state index in [0.717, 1.165) is 50.0 Å². The molecule has 1 aromatic carbocycles. The molecule has 2 heterocycles. The van der Waals surface area contributed by atoms with Crippen molar-refractivity contribution in [3.8, 4) is 0 Å². The topological polar surface area (TPSA) is 79.3 Å². The van der Waals surface area contributed by atoms with Crippen LogP contribution in [0.5, 0.6) is 0 Å². The van der Waals surface area contributed by atoms with Crippen molar-refractivity contribution in [1.82, 2.24) is 25.1 Å². The minimum Gasteiger partial charge on any atom is -0.349 e. The van der Waals surface area contributed by atoms with E-state index >= 15 is 0 Å². The van der Waals surface area contributed by atoms with Gasteiger partial charge in [-0.3, -0.25) is 9.59 Å². The number of nitrogens with one attached hydrogen (secondary N) is 2. The van der Waals surface area contributed by atoms with Crippen LogP contribution in [-0.2, 0) is 13.0 Å². The van der Waals surface area contributed by atoms with Gasteiger partial charge in [-0.1, -0.05) is 30.3 Å². The van der Waals surface area contributed by atoms with Gasteiger partial charge in [0.1, 0.15) is 5.69 Å². The van der Waals surface area contributed by atoms with Crippen molar-refractivity contribution in [2.75, 3.05) is 27.2 Å². The summed E-state index contributed by atoms with van der Waals surface area (Å²) in [5.41, 5.74) is 2.28. The lowest BCUT2D eigenvalue weighted by Gasteiger charge is -2.18. The Bertz CT molecular complexity index is 844. The number of amides is 2. The van der Waals surface area contributed by atoms with Crippen molar-refractivity contribution >= 4 is 11.8 Å². The van der Waals surface area contributed by atoms with Gasteiger partial charge in [-0.2, -0.15) is 0 Å². The molecule has 1 atom stereocenters. The van der Waals surface area contributed by atoms with Gasteiger partial charge in [0.05, 0.1) is 11.7 Å². The highest BCUT2D eigenvalue weighted by Gasteiger charge is 2.28. The number of benzene rings is 1. The molecule has 1 aromatic heterocycles. The number of hydrogen-bond donors (Lipinski definition) is 2. The number of aromatic nitrogens is 2. The van der Waals surface area contributed by atoms with Gasteiger partial charge in [-0.05, 0) is 58.8 Å². The molecule has 0 bridgehead atoms. The molecular weight excluding hydrogens is 366 g/mol. The van der Waals surface area contributed by atoms with E-state index in [1.54, 1.807) is 0 Å². The molecule has 1 aliphatic heterocycles. The average Bonchev–Trinajstić information content (AvgIpc) is 3.11. The fourth-order valence-corrected chi connectivity index (χ4v) is 3.66. The van der Waals surface area contributed by atoms with Crippen molar-refractivity contribution in [1.29, 1.82) is 0 Å². The van der Waals surface area contributed by atoms with E-state index in [0.29, 0.717) is 18.1 Å². The van der Waals surface area contributed by atoms with Gasteiger partial charge in [0.2, 0.25) is 0 Å². The molecule has 2 N–H and O–H groups in total. The number of rotatable bonds is 8. The Morgan fingerprint density at radius 3 is 2.66 bits per heavy atom. The largest absolute Gasteiger partial charge is 0.349 e. The fourth-order valence-electron chi connectivity index (χ4n) is 3.66. The second-order valence-electron chi connectivity index (χ2n) is 7.86. The summed E-state index contributed by atoms with van der Waals surface area (Å²) in [6.07, 6.45) is 3.63. The summed E-state index contributed by atoms with van der Waals surface area (Å²) in [7, 11) is 4.02. The van der Waals surface area contributed by atoms with Gasteiger partial charge in [0.25, 0.3) is 11.8 Å². The highest BCUT2D eigenvalue weighted by atomic mass is 16.2. The summed E-state index contributed by atoms with van der Waals surface area (Å²) in [4.78, 5) is 32.2. The van der Waals surface area contributed by atoms with E-state index in [1.807, 2.05) is 55.9 Å². The molecule has 1 aliphatic rings. The van der Waals surface area contributed by atoms with Crippen LogP contribution in [0.3, 0.4) is 0 Å². The SMILES string of the molecule is CC(NC(=O)c1nc(C(=O)NCCCN(C)C)n2c1CCCC2)c1ccccc1. The lowest BCUT2D eigenvalue weighted by Crippen LogP contribution is -2.30. The predicted molar refractivity (Wildman–Crippen MR) is 113 cm³/mol. The minimum absolute atomic E-state index is 0.132. The summed E-state index contributed by atoms with van der Waals surface area (Å²) < 4.78 is 1.92. The number of fused-ring (bicyclic) bond motifs is 1. The number of carbonyl (C=O) groups is 2. The van der Waals surface area contributed by atoms with Crippen LogP contribution in [0.25, 0.3) is 0 Å². The number of hydrogen-bond acceptors (Lipinski definition) is 4. The zero-order valence-electron chi connectivity index (χ0n) is 17.6. The summed E-state index contributed by atoms with van der Waals surface area (Å²) in [5.74, 6) is -0.0807. The quantitative estimate of drug-likeness (QED) is 0.671. The molecule has 2 amide bonds. The highest BCUT2D eigenvalue weighted by Crippen LogP contribution is 2.22. The highest BCUT2D eigenvalue weighted by molar-refractivity contribution is 5.97. The Labute approximate surface area is 172 Å². The van der Waals surface area contributed by atoms with E-state index in [1.165, 1.54) is 0 Å². The normalized spacial score (nSPS) is 14.3. The van der Waals surface area contributed by atoms with E-state index in [4.69, 9.17) is 0 Å². The zero-order valence-corrected chi connectivity index (χ0v) is 17.6. The molecule has 7 heteroatoms. The number of carbonyl (C=O) groups excluding carboxylic acids is 2. The van der Waals surface area contributed by atoms with Gasteiger partial charge in [0, 0.05) is 13.1 Å². The first-order valence-electron chi connectivity index (χ1n) is 10.4. The third-order valence-corrected chi connectivity index (χ3v) is 5.25. The Kier molecular flexibility index (Phi) is 7.04. The molecule has 0 spiro atoms. The fraction of sp³-hybridized carbons (Fsp3) is 0.500. The van der Waals surface area contributed by atoms with E-state index in [2.05, 4.69) is 20.5 Å². The standard InChI is InChI=1S/C22H31N5O2/c1-16(17-10-5-4-6-11-17)24-21(28)19-18-12-7-8-15-27(18)20(25-19)22(29)23-13-9-14-26(2)3/h4-6,10-11,16H,7-9,12-15H2,1-3H3,(H,23,29)(H,24,28). The number of imidazole rings is 1. The molecule has 7 nitrogen and oxygen atoms in total. The van der Waals surface area contributed by atoms with E-state index in [9.17, 15) is 9.59 Å². The molecule has 0 fully saturated rings. The third-order valence-electron chi connectivity index (χ3n) is 5.25. The van der Waals surface area contributed by atoms with Crippen LogP contribution in [0, 0.1) is 0 Å². The lowest BCUT2D eigenvalue weighted by molar-refractivity contribution is 0.0933. The first kappa shape index (κ1) is 21.0. The van der Waals surface area contributed by atoms with Crippen LogP contribution in [-0.4, -0.2) is 53.5 Å². The second kappa shape index (κ2) is 9.69. The van der Waals surface area contributed by atoms with Gasteiger partial charge in [0.15, 0.2) is 5.82 Å². The molecule has 1 unspecified atom stereocenters.